The van der Waals surface area contributed by atoms with Gasteiger partial charge in [-0.15, -0.1) is 11.3 Å². The van der Waals surface area contributed by atoms with E-state index in [9.17, 15) is 9.90 Å². The van der Waals surface area contributed by atoms with Crippen molar-refractivity contribution in [3.8, 4) is 0 Å². The third kappa shape index (κ3) is 2.80. The van der Waals surface area contributed by atoms with Gasteiger partial charge >= 0.3 is 0 Å². The van der Waals surface area contributed by atoms with Crippen LogP contribution >= 0.6 is 11.3 Å². The number of thiazole rings is 1. The van der Waals surface area contributed by atoms with Crippen LogP contribution in [0.5, 0.6) is 0 Å². The SMILES string of the molecule is Cc1nc(CC(=O)N2CCC(O)CC2)cs1. The normalized spacial score (nSPS) is 17.8. The average Bonchev–Trinajstić information content (AvgIpc) is 2.65. The summed E-state index contributed by atoms with van der Waals surface area (Å²) >= 11 is 1.57. The maximum atomic E-state index is 11.9. The van der Waals surface area contributed by atoms with E-state index in [0.29, 0.717) is 32.4 Å². The fourth-order valence-electron chi connectivity index (χ4n) is 1.87. The minimum absolute atomic E-state index is 0.122. The molecule has 0 unspecified atom stereocenters. The monoisotopic (exact) mass is 240 g/mol. The maximum absolute atomic E-state index is 11.9. The third-order valence-electron chi connectivity index (χ3n) is 2.82. The molecule has 0 aliphatic carbocycles. The lowest BCUT2D eigenvalue weighted by Crippen LogP contribution is -2.40. The van der Waals surface area contributed by atoms with Crippen LogP contribution in [0.4, 0.5) is 0 Å². The van der Waals surface area contributed by atoms with Gasteiger partial charge in [0, 0.05) is 18.5 Å². The van der Waals surface area contributed by atoms with E-state index in [1.807, 2.05) is 17.2 Å². The first-order chi connectivity index (χ1) is 7.65. The molecule has 2 rings (SSSR count). The molecule has 0 aromatic carbocycles. The van der Waals surface area contributed by atoms with Crippen LogP contribution in [0.15, 0.2) is 5.38 Å². The van der Waals surface area contributed by atoms with Crippen molar-refractivity contribution in [2.45, 2.75) is 32.3 Å². The molecule has 1 aromatic heterocycles. The fourth-order valence-corrected chi connectivity index (χ4v) is 2.48. The van der Waals surface area contributed by atoms with Gasteiger partial charge in [-0.05, 0) is 19.8 Å². The van der Waals surface area contributed by atoms with Crippen molar-refractivity contribution in [1.82, 2.24) is 9.88 Å². The lowest BCUT2D eigenvalue weighted by Gasteiger charge is -2.29. The molecule has 1 fully saturated rings. The van der Waals surface area contributed by atoms with E-state index in [4.69, 9.17) is 0 Å². The fraction of sp³-hybridized carbons (Fsp3) is 0.636. The van der Waals surface area contributed by atoms with Crippen molar-refractivity contribution < 1.29 is 9.90 Å². The van der Waals surface area contributed by atoms with Crippen LogP contribution in [0.3, 0.4) is 0 Å². The number of rotatable bonds is 2. The standard InChI is InChI=1S/C11H16N2O2S/c1-8-12-9(7-16-8)6-11(15)13-4-2-10(14)3-5-13/h7,10,14H,2-6H2,1H3. The van der Waals surface area contributed by atoms with Crippen molar-refractivity contribution in [2.75, 3.05) is 13.1 Å². The van der Waals surface area contributed by atoms with Crippen molar-refractivity contribution in [2.24, 2.45) is 0 Å². The molecule has 1 aliphatic heterocycles. The van der Waals surface area contributed by atoms with E-state index in [1.54, 1.807) is 11.3 Å². The van der Waals surface area contributed by atoms with E-state index in [0.717, 1.165) is 10.7 Å². The highest BCUT2D eigenvalue weighted by Crippen LogP contribution is 2.13. The lowest BCUT2D eigenvalue weighted by atomic mass is 10.1. The van der Waals surface area contributed by atoms with Gasteiger partial charge in [-0.2, -0.15) is 0 Å². The zero-order chi connectivity index (χ0) is 11.5. The summed E-state index contributed by atoms with van der Waals surface area (Å²) in [5, 5.41) is 12.3. The van der Waals surface area contributed by atoms with Gasteiger partial charge in [0.05, 0.1) is 23.2 Å². The number of hydrogen-bond acceptors (Lipinski definition) is 4. The quantitative estimate of drug-likeness (QED) is 0.838. The minimum atomic E-state index is -0.231. The summed E-state index contributed by atoms with van der Waals surface area (Å²) in [5.74, 6) is 0.122. The molecule has 1 aliphatic rings. The molecule has 1 saturated heterocycles. The summed E-state index contributed by atoms with van der Waals surface area (Å²) in [6.45, 7) is 3.28. The summed E-state index contributed by atoms with van der Waals surface area (Å²) < 4.78 is 0. The Hall–Kier alpha value is -0.940. The second-order valence-electron chi connectivity index (χ2n) is 4.15. The molecule has 2 heterocycles. The lowest BCUT2D eigenvalue weighted by molar-refractivity contribution is -0.132. The molecule has 4 nitrogen and oxygen atoms in total. The van der Waals surface area contributed by atoms with E-state index >= 15 is 0 Å². The summed E-state index contributed by atoms with van der Waals surface area (Å²) in [4.78, 5) is 18.0. The van der Waals surface area contributed by atoms with Gasteiger partial charge in [0.25, 0.3) is 0 Å². The number of piperidine rings is 1. The Morgan fingerprint density at radius 1 is 1.62 bits per heavy atom. The van der Waals surface area contributed by atoms with Crippen LogP contribution in [-0.2, 0) is 11.2 Å². The predicted octanol–water partition coefficient (Wildman–Crippen LogP) is 0.977. The molecular formula is C11H16N2O2S. The number of aromatic nitrogens is 1. The zero-order valence-electron chi connectivity index (χ0n) is 9.35. The summed E-state index contributed by atoms with van der Waals surface area (Å²) in [5.41, 5.74) is 0.860. The van der Waals surface area contributed by atoms with Crippen LogP contribution < -0.4 is 0 Å². The van der Waals surface area contributed by atoms with E-state index in [1.165, 1.54) is 0 Å². The van der Waals surface area contributed by atoms with Crippen LogP contribution in [0.2, 0.25) is 0 Å². The van der Waals surface area contributed by atoms with E-state index < -0.39 is 0 Å². The number of carbonyl (C=O) groups excluding carboxylic acids is 1. The van der Waals surface area contributed by atoms with Crippen molar-refractivity contribution in [3.05, 3.63) is 16.1 Å². The average molecular weight is 240 g/mol. The molecule has 1 aromatic rings. The van der Waals surface area contributed by atoms with Crippen LogP contribution in [0, 0.1) is 6.92 Å². The molecule has 1 amide bonds. The molecule has 0 bridgehead atoms. The second kappa shape index (κ2) is 4.93. The zero-order valence-corrected chi connectivity index (χ0v) is 10.2. The van der Waals surface area contributed by atoms with Crippen molar-refractivity contribution >= 4 is 17.2 Å². The first-order valence-corrected chi connectivity index (χ1v) is 6.40. The molecule has 88 valence electrons. The molecule has 0 spiro atoms. The van der Waals surface area contributed by atoms with Gasteiger partial charge in [0.2, 0.25) is 5.91 Å². The molecule has 0 atom stereocenters. The predicted molar refractivity (Wildman–Crippen MR) is 62.4 cm³/mol. The van der Waals surface area contributed by atoms with Crippen LogP contribution in [0.1, 0.15) is 23.5 Å². The molecule has 0 radical (unpaired) electrons. The first-order valence-electron chi connectivity index (χ1n) is 5.52. The highest BCUT2D eigenvalue weighted by molar-refractivity contribution is 7.09. The minimum Gasteiger partial charge on any atom is -0.393 e. The van der Waals surface area contributed by atoms with Gasteiger partial charge in [-0.3, -0.25) is 4.79 Å². The number of aryl methyl sites for hydroxylation is 1. The number of nitrogens with zero attached hydrogens (tertiary/aromatic N) is 2. The Labute approximate surface area is 98.9 Å². The highest BCUT2D eigenvalue weighted by atomic mass is 32.1. The molecular weight excluding hydrogens is 224 g/mol. The molecule has 16 heavy (non-hydrogen) atoms. The second-order valence-corrected chi connectivity index (χ2v) is 5.21. The number of amides is 1. The summed E-state index contributed by atoms with van der Waals surface area (Å²) in [6.07, 6.45) is 1.55. The Morgan fingerprint density at radius 2 is 2.31 bits per heavy atom. The Balaban J connectivity index is 1.88. The maximum Gasteiger partial charge on any atom is 0.228 e. The number of hydrogen-bond donors (Lipinski definition) is 1. The third-order valence-corrected chi connectivity index (χ3v) is 3.64. The largest absolute Gasteiger partial charge is 0.393 e. The highest BCUT2D eigenvalue weighted by Gasteiger charge is 2.21. The number of aliphatic hydroxyl groups excluding tert-OH is 1. The number of carbonyl (C=O) groups is 1. The Kier molecular flexibility index (Phi) is 3.56. The number of aliphatic hydroxyl groups is 1. The van der Waals surface area contributed by atoms with E-state index in [2.05, 4.69) is 4.98 Å². The van der Waals surface area contributed by atoms with Gasteiger partial charge in [0.15, 0.2) is 0 Å². The van der Waals surface area contributed by atoms with Crippen LogP contribution in [-0.4, -0.2) is 40.1 Å². The van der Waals surface area contributed by atoms with E-state index in [-0.39, 0.29) is 12.0 Å². The van der Waals surface area contributed by atoms with Crippen LogP contribution in [0.25, 0.3) is 0 Å². The van der Waals surface area contributed by atoms with Gasteiger partial charge in [0.1, 0.15) is 0 Å². The first kappa shape index (κ1) is 11.5. The molecule has 0 saturated carbocycles. The van der Waals surface area contributed by atoms with Crippen molar-refractivity contribution in [3.63, 3.8) is 0 Å². The topological polar surface area (TPSA) is 53.4 Å². The number of likely N-dealkylation sites (tertiary alicyclic amines) is 1. The Morgan fingerprint density at radius 3 is 2.88 bits per heavy atom. The molecule has 5 heteroatoms. The summed E-state index contributed by atoms with van der Waals surface area (Å²) in [6, 6.07) is 0. The Bertz CT molecular complexity index is 370. The smallest absolute Gasteiger partial charge is 0.228 e. The van der Waals surface area contributed by atoms with Gasteiger partial charge < -0.3 is 10.0 Å². The van der Waals surface area contributed by atoms with Gasteiger partial charge in [-0.1, -0.05) is 0 Å². The summed E-state index contributed by atoms with van der Waals surface area (Å²) in [7, 11) is 0. The van der Waals surface area contributed by atoms with Gasteiger partial charge in [-0.25, -0.2) is 4.98 Å². The molecule has 1 N–H and O–H groups in total. The van der Waals surface area contributed by atoms with Crippen molar-refractivity contribution in [1.29, 1.82) is 0 Å².